The van der Waals surface area contributed by atoms with E-state index in [1.54, 1.807) is 0 Å². The number of terminal acetylenes is 1. The van der Waals surface area contributed by atoms with Crippen molar-refractivity contribution in [2.75, 3.05) is 7.11 Å². The lowest BCUT2D eigenvalue weighted by Crippen LogP contribution is -1.99. The minimum atomic E-state index is -0.107. The van der Waals surface area contributed by atoms with Crippen LogP contribution in [0.1, 0.15) is 51.4 Å². The molecule has 0 spiro atoms. The first-order chi connectivity index (χ1) is 7.81. The van der Waals surface area contributed by atoms with E-state index in [4.69, 9.17) is 6.42 Å². The Hall–Kier alpha value is -1.41. The van der Waals surface area contributed by atoms with Gasteiger partial charge in [0.2, 0.25) is 0 Å². The molecule has 0 saturated heterocycles. The molecule has 0 aromatic heterocycles. The molecule has 0 saturated carbocycles. The van der Waals surface area contributed by atoms with Gasteiger partial charge < -0.3 is 4.74 Å². The quantitative estimate of drug-likeness (QED) is 0.357. The molecule has 0 aliphatic rings. The van der Waals surface area contributed by atoms with Crippen LogP contribution in [0.3, 0.4) is 0 Å². The lowest BCUT2D eigenvalue weighted by molar-refractivity contribution is -0.140. The van der Waals surface area contributed by atoms with Crippen LogP contribution in [0.15, 0.2) is 0 Å². The van der Waals surface area contributed by atoms with Crippen LogP contribution in [0, 0.1) is 24.2 Å². The van der Waals surface area contributed by atoms with Gasteiger partial charge in [0, 0.05) is 12.8 Å². The number of hydrogen-bond donors (Lipinski definition) is 0. The van der Waals surface area contributed by atoms with Crippen molar-refractivity contribution in [2.24, 2.45) is 0 Å². The highest BCUT2D eigenvalue weighted by atomic mass is 16.5. The Labute approximate surface area is 98.8 Å². The molecule has 16 heavy (non-hydrogen) atoms. The second-order valence-corrected chi connectivity index (χ2v) is 3.64. The van der Waals surface area contributed by atoms with Crippen LogP contribution in [0.5, 0.6) is 0 Å². The van der Waals surface area contributed by atoms with Gasteiger partial charge >= 0.3 is 5.97 Å². The molecule has 88 valence electrons. The summed E-state index contributed by atoms with van der Waals surface area (Å²) >= 11 is 0. The largest absolute Gasteiger partial charge is 0.469 e. The molecular formula is C14H20O2. The van der Waals surface area contributed by atoms with E-state index < -0.39 is 0 Å². The Kier molecular flexibility index (Phi) is 10.6. The predicted molar refractivity (Wildman–Crippen MR) is 65.6 cm³/mol. The molecule has 0 fully saturated rings. The van der Waals surface area contributed by atoms with Gasteiger partial charge in [0.1, 0.15) is 0 Å². The van der Waals surface area contributed by atoms with Gasteiger partial charge in [-0.1, -0.05) is 31.6 Å². The van der Waals surface area contributed by atoms with E-state index in [2.05, 4.69) is 22.5 Å². The number of esters is 1. The van der Waals surface area contributed by atoms with Crippen LogP contribution in [-0.4, -0.2) is 13.1 Å². The van der Waals surface area contributed by atoms with Crippen molar-refractivity contribution < 1.29 is 9.53 Å². The number of methoxy groups -OCH3 is 1. The van der Waals surface area contributed by atoms with Gasteiger partial charge in [-0.05, 0) is 24.7 Å². The molecule has 2 nitrogen and oxygen atoms in total. The van der Waals surface area contributed by atoms with Crippen LogP contribution in [-0.2, 0) is 9.53 Å². The maximum Gasteiger partial charge on any atom is 0.305 e. The lowest BCUT2D eigenvalue weighted by atomic mass is 10.1. The van der Waals surface area contributed by atoms with Crippen molar-refractivity contribution in [2.45, 2.75) is 51.4 Å². The monoisotopic (exact) mass is 220 g/mol. The van der Waals surface area contributed by atoms with E-state index in [1.165, 1.54) is 26.4 Å². The molecule has 0 bridgehead atoms. The number of hydrogen-bond acceptors (Lipinski definition) is 2. The number of carbonyl (C=O) groups excluding carboxylic acids is 1. The molecule has 0 aliphatic carbocycles. The molecule has 0 radical (unpaired) electrons. The summed E-state index contributed by atoms with van der Waals surface area (Å²) in [7, 11) is 1.43. The molecule has 2 heteroatoms. The summed E-state index contributed by atoms with van der Waals surface area (Å²) in [6.07, 6.45) is 13.2. The van der Waals surface area contributed by atoms with Crippen molar-refractivity contribution in [1.29, 1.82) is 0 Å². The van der Waals surface area contributed by atoms with Crippen LogP contribution < -0.4 is 0 Å². The highest BCUT2D eigenvalue weighted by Crippen LogP contribution is 2.08. The van der Waals surface area contributed by atoms with Crippen molar-refractivity contribution in [3.63, 3.8) is 0 Å². The second kappa shape index (κ2) is 11.7. The van der Waals surface area contributed by atoms with E-state index >= 15 is 0 Å². The topological polar surface area (TPSA) is 26.3 Å². The van der Waals surface area contributed by atoms with Crippen molar-refractivity contribution in [3.05, 3.63) is 0 Å². The highest BCUT2D eigenvalue weighted by molar-refractivity contribution is 5.68. The fourth-order valence-electron chi connectivity index (χ4n) is 1.41. The fraction of sp³-hybridized carbons (Fsp3) is 0.643. The predicted octanol–water partition coefficient (Wildman–Crippen LogP) is 2.92. The first-order valence-electron chi connectivity index (χ1n) is 5.81. The van der Waals surface area contributed by atoms with Crippen LogP contribution in [0.2, 0.25) is 0 Å². The van der Waals surface area contributed by atoms with Gasteiger partial charge in [0.05, 0.1) is 7.11 Å². The standard InChI is InChI=1S/C14H20O2/c1-3-4-5-6-7-8-9-10-11-12-13-14(15)16-2/h1H,6-13H2,2H3. The molecule has 0 aromatic carbocycles. The fourth-order valence-corrected chi connectivity index (χ4v) is 1.41. The van der Waals surface area contributed by atoms with E-state index in [1.807, 2.05) is 0 Å². The van der Waals surface area contributed by atoms with Gasteiger partial charge in [-0.25, -0.2) is 0 Å². The van der Waals surface area contributed by atoms with Crippen molar-refractivity contribution >= 4 is 5.97 Å². The van der Waals surface area contributed by atoms with E-state index in [9.17, 15) is 4.79 Å². The average Bonchev–Trinajstić information content (AvgIpc) is 2.31. The number of ether oxygens (including phenoxy) is 1. The summed E-state index contributed by atoms with van der Waals surface area (Å²) in [5, 5.41) is 0. The third kappa shape index (κ3) is 10.7. The molecule has 0 heterocycles. The Morgan fingerprint density at radius 1 is 1.12 bits per heavy atom. The summed E-state index contributed by atoms with van der Waals surface area (Å²) in [5.41, 5.74) is 0. The molecule has 0 N–H and O–H groups in total. The Bertz CT molecular complexity index is 275. The van der Waals surface area contributed by atoms with E-state index in [0.29, 0.717) is 6.42 Å². The molecule has 0 amide bonds. The molecule has 0 aliphatic heterocycles. The molecule has 0 rings (SSSR count). The van der Waals surface area contributed by atoms with Gasteiger partial charge in [-0.2, -0.15) is 0 Å². The van der Waals surface area contributed by atoms with Crippen LogP contribution >= 0.6 is 0 Å². The highest BCUT2D eigenvalue weighted by Gasteiger charge is 1.98. The number of carbonyl (C=O) groups is 1. The summed E-state index contributed by atoms with van der Waals surface area (Å²) in [4.78, 5) is 10.8. The minimum absolute atomic E-state index is 0.107. The van der Waals surface area contributed by atoms with E-state index in [-0.39, 0.29) is 5.97 Å². The normalized spacial score (nSPS) is 8.75. The third-order valence-electron chi connectivity index (χ3n) is 2.32. The maximum atomic E-state index is 10.8. The van der Waals surface area contributed by atoms with Gasteiger partial charge in [-0.3, -0.25) is 4.79 Å². The SMILES string of the molecule is C#CC#CCCCCCCCCC(=O)OC. The van der Waals surface area contributed by atoms with Gasteiger partial charge in [-0.15, -0.1) is 6.42 Å². The molecule has 0 aromatic rings. The van der Waals surface area contributed by atoms with Crippen molar-refractivity contribution in [1.82, 2.24) is 0 Å². The van der Waals surface area contributed by atoms with Crippen LogP contribution in [0.4, 0.5) is 0 Å². The van der Waals surface area contributed by atoms with Gasteiger partial charge in [0.25, 0.3) is 0 Å². The molecule has 0 atom stereocenters. The Morgan fingerprint density at radius 3 is 2.38 bits per heavy atom. The Balaban J connectivity index is 3.10. The zero-order valence-electron chi connectivity index (χ0n) is 10.1. The smallest absolute Gasteiger partial charge is 0.305 e. The molecular weight excluding hydrogens is 200 g/mol. The number of unbranched alkanes of at least 4 members (excludes halogenated alkanes) is 6. The minimum Gasteiger partial charge on any atom is -0.469 e. The summed E-state index contributed by atoms with van der Waals surface area (Å²) in [6.45, 7) is 0. The number of rotatable bonds is 8. The third-order valence-corrected chi connectivity index (χ3v) is 2.32. The zero-order chi connectivity index (χ0) is 12.1. The first-order valence-corrected chi connectivity index (χ1v) is 5.81. The van der Waals surface area contributed by atoms with Gasteiger partial charge in [0.15, 0.2) is 0 Å². The average molecular weight is 220 g/mol. The summed E-state index contributed by atoms with van der Waals surface area (Å²) in [5.74, 6) is 7.71. The Morgan fingerprint density at radius 2 is 1.75 bits per heavy atom. The first kappa shape index (κ1) is 14.6. The zero-order valence-corrected chi connectivity index (χ0v) is 10.1. The van der Waals surface area contributed by atoms with Crippen LogP contribution in [0.25, 0.3) is 0 Å². The molecule has 0 unspecified atom stereocenters. The van der Waals surface area contributed by atoms with E-state index in [0.717, 1.165) is 25.7 Å². The maximum absolute atomic E-state index is 10.8. The second-order valence-electron chi connectivity index (χ2n) is 3.64. The van der Waals surface area contributed by atoms with Crippen molar-refractivity contribution in [3.8, 4) is 24.2 Å². The summed E-state index contributed by atoms with van der Waals surface area (Å²) in [6, 6.07) is 0. The summed E-state index contributed by atoms with van der Waals surface area (Å²) < 4.78 is 4.56. The lowest BCUT2D eigenvalue weighted by Gasteiger charge is -2.00.